The maximum Gasteiger partial charge on any atom is 0.329 e. The van der Waals surface area contributed by atoms with Crippen molar-refractivity contribution in [2.45, 2.75) is 6.42 Å². The van der Waals surface area contributed by atoms with Crippen LogP contribution in [-0.4, -0.2) is 0 Å². The smallest absolute Gasteiger partial charge is 0.278 e. The minimum Gasteiger partial charge on any atom is -0.278 e. The van der Waals surface area contributed by atoms with Crippen molar-refractivity contribution in [2.75, 3.05) is 5.73 Å². The highest BCUT2D eigenvalue weighted by Crippen LogP contribution is 2.17. The lowest BCUT2D eigenvalue weighted by Crippen LogP contribution is -2.01. The van der Waals surface area contributed by atoms with Gasteiger partial charge < -0.3 is 0 Å². The van der Waals surface area contributed by atoms with Crippen molar-refractivity contribution in [3.05, 3.63) is 45.4 Å². The third kappa shape index (κ3) is 2.33. The SMILES string of the molecule is Nc1[nH+]cc(Cc2ccc(Br)cc2)s1. The molecular formula is C10H10BrN2S+. The Morgan fingerprint density at radius 3 is 2.57 bits per heavy atom. The molecule has 0 atom stereocenters. The number of nitrogens with one attached hydrogen (secondary N) is 1. The molecule has 0 bridgehead atoms. The molecule has 1 aromatic carbocycles. The maximum absolute atomic E-state index is 5.61. The second-order valence-electron chi connectivity index (χ2n) is 3.02. The summed E-state index contributed by atoms with van der Waals surface area (Å²) in [5.41, 5.74) is 6.91. The summed E-state index contributed by atoms with van der Waals surface area (Å²) in [6.07, 6.45) is 2.90. The molecule has 0 fully saturated rings. The summed E-state index contributed by atoms with van der Waals surface area (Å²) >= 11 is 5.01. The molecule has 4 heteroatoms. The van der Waals surface area contributed by atoms with Crippen molar-refractivity contribution in [3.8, 4) is 0 Å². The second-order valence-corrected chi connectivity index (χ2v) is 5.11. The number of hydrogen-bond donors (Lipinski definition) is 1. The molecule has 3 N–H and O–H groups in total. The number of nitrogens with two attached hydrogens (primary N) is 1. The van der Waals surface area contributed by atoms with Crippen molar-refractivity contribution in [1.82, 2.24) is 0 Å². The van der Waals surface area contributed by atoms with Crippen molar-refractivity contribution >= 4 is 32.4 Å². The van der Waals surface area contributed by atoms with E-state index < -0.39 is 0 Å². The van der Waals surface area contributed by atoms with Crippen LogP contribution in [0.3, 0.4) is 0 Å². The van der Waals surface area contributed by atoms with Gasteiger partial charge in [0.15, 0.2) is 0 Å². The van der Waals surface area contributed by atoms with Crippen molar-refractivity contribution in [3.63, 3.8) is 0 Å². The van der Waals surface area contributed by atoms with Gasteiger partial charge in [-0.15, -0.1) is 0 Å². The van der Waals surface area contributed by atoms with Crippen LogP contribution in [0.1, 0.15) is 10.4 Å². The zero-order valence-corrected chi connectivity index (χ0v) is 9.86. The summed E-state index contributed by atoms with van der Waals surface area (Å²) in [4.78, 5) is 4.24. The molecule has 2 nitrogen and oxygen atoms in total. The Morgan fingerprint density at radius 2 is 2.00 bits per heavy atom. The molecule has 2 aromatic rings. The minimum absolute atomic E-state index is 0.761. The van der Waals surface area contributed by atoms with Crippen LogP contribution in [-0.2, 0) is 6.42 Å². The maximum atomic E-state index is 5.61. The molecule has 0 aliphatic carbocycles. The molecule has 0 saturated carbocycles. The first-order chi connectivity index (χ1) is 6.74. The summed E-state index contributed by atoms with van der Waals surface area (Å²) in [5.74, 6) is 0. The molecular weight excluding hydrogens is 260 g/mol. The molecule has 1 aromatic heterocycles. The van der Waals surface area contributed by atoms with Crippen LogP contribution >= 0.6 is 27.3 Å². The van der Waals surface area contributed by atoms with Gasteiger partial charge in [-0.2, -0.15) is 0 Å². The summed E-state index contributed by atoms with van der Waals surface area (Å²) in [6, 6.07) is 8.33. The summed E-state index contributed by atoms with van der Waals surface area (Å²) < 4.78 is 1.11. The van der Waals surface area contributed by atoms with Crippen LogP contribution in [0.2, 0.25) is 0 Å². The van der Waals surface area contributed by atoms with Gasteiger partial charge in [0, 0.05) is 10.9 Å². The fourth-order valence-electron chi connectivity index (χ4n) is 1.24. The number of benzene rings is 1. The van der Waals surface area contributed by atoms with Crippen LogP contribution < -0.4 is 10.7 Å². The summed E-state index contributed by atoms with van der Waals surface area (Å²) in [7, 11) is 0. The molecule has 0 spiro atoms. The lowest BCUT2D eigenvalue weighted by molar-refractivity contribution is -0.354. The second kappa shape index (κ2) is 4.11. The van der Waals surface area contributed by atoms with E-state index in [9.17, 15) is 0 Å². The Kier molecular flexibility index (Phi) is 2.84. The number of anilines is 1. The lowest BCUT2D eigenvalue weighted by atomic mass is 10.1. The van der Waals surface area contributed by atoms with E-state index in [0.717, 1.165) is 16.0 Å². The number of H-pyrrole nitrogens is 1. The first kappa shape index (κ1) is 9.68. The molecule has 0 aliphatic heterocycles. The quantitative estimate of drug-likeness (QED) is 0.894. The normalized spacial score (nSPS) is 10.4. The van der Waals surface area contributed by atoms with Crippen molar-refractivity contribution in [2.24, 2.45) is 0 Å². The van der Waals surface area contributed by atoms with Gasteiger partial charge in [0.2, 0.25) is 0 Å². The fraction of sp³-hybridized carbons (Fsp3) is 0.100. The van der Waals surface area contributed by atoms with E-state index in [0.29, 0.717) is 0 Å². The standard InChI is InChI=1S/C10H9BrN2S/c11-8-3-1-7(2-4-8)5-9-6-13-10(12)14-9/h1-4,6H,5H2,(H2,12,13)/p+1. The number of halogens is 1. The Labute approximate surface area is 94.9 Å². The number of nitrogen functional groups attached to an aromatic ring is 1. The van der Waals surface area contributed by atoms with Gasteiger partial charge in [-0.3, -0.25) is 5.73 Å². The Balaban J connectivity index is 2.15. The van der Waals surface area contributed by atoms with E-state index in [-0.39, 0.29) is 0 Å². The number of aromatic amines is 1. The molecule has 0 saturated heterocycles. The molecule has 14 heavy (non-hydrogen) atoms. The number of hydrogen-bond acceptors (Lipinski definition) is 2. The van der Waals surface area contributed by atoms with Gasteiger partial charge in [0.25, 0.3) is 0 Å². The average Bonchev–Trinajstić information content (AvgIpc) is 2.56. The first-order valence-corrected chi connectivity index (χ1v) is 5.85. The van der Waals surface area contributed by atoms with Crippen LogP contribution in [0, 0.1) is 0 Å². The highest BCUT2D eigenvalue weighted by molar-refractivity contribution is 9.10. The van der Waals surface area contributed by atoms with Crippen LogP contribution in [0.25, 0.3) is 0 Å². The molecule has 0 aliphatic rings. The fourth-order valence-corrected chi connectivity index (χ4v) is 2.26. The van der Waals surface area contributed by atoms with Crippen LogP contribution in [0.15, 0.2) is 34.9 Å². The highest BCUT2D eigenvalue weighted by Gasteiger charge is 2.03. The average molecular weight is 270 g/mol. The molecule has 1 heterocycles. The molecule has 72 valence electrons. The van der Waals surface area contributed by atoms with Gasteiger partial charge >= 0.3 is 5.13 Å². The molecule has 0 unspecified atom stereocenters. The summed E-state index contributed by atoms with van der Waals surface area (Å²) in [5, 5.41) is 0.761. The highest BCUT2D eigenvalue weighted by atomic mass is 79.9. The lowest BCUT2D eigenvalue weighted by Gasteiger charge is -1.96. The van der Waals surface area contributed by atoms with Gasteiger partial charge in [-0.25, -0.2) is 4.98 Å². The van der Waals surface area contributed by atoms with Gasteiger partial charge in [0.1, 0.15) is 6.20 Å². The monoisotopic (exact) mass is 269 g/mol. The molecule has 0 amide bonds. The van der Waals surface area contributed by atoms with E-state index in [1.54, 1.807) is 11.3 Å². The van der Waals surface area contributed by atoms with Gasteiger partial charge in [0.05, 0.1) is 4.88 Å². The number of thiazole rings is 1. The first-order valence-electron chi connectivity index (χ1n) is 4.24. The van der Waals surface area contributed by atoms with Gasteiger partial charge in [-0.1, -0.05) is 39.4 Å². The number of rotatable bonds is 2. The number of aromatic nitrogens is 1. The van der Waals surface area contributed by atoms with E-state index >= 15 is 0 Å². The van der Waals surface area contributed by atoms with Crippen molar-refractivity contribution < 1.29 is 4.98 Å². The van der Waals surface area contributed by atoms with E-state index in [4.69, 9.17) is 5.73 Å². The summed E-state index contributed by atoms with van der Waals surface area (Å²) in [6.45, 7) is 0. The zero-order valence-electron chi connectivity index (χ0n) is 7.46. The Morgan fingerprint density at radius 1 is 1.29 bits per heavy atom. The third-order valence-corrected chi connectivity index (χ3v) is 3.30. The molecule has 0 radical (unpaired) electrons. The Bertz CT molecular complexity index is 422. The topological polar surface area (TPSA) is 40.2 Å². The van der Waals surface area contributed by atoms with E-state index in [1.165, 1.54) is 10.4 Å². The van der Waals surface area contributed by atoms with E-state index in [1.807, 2.05) is 6.20 Å². The zero-order chi connectivity index (χ0) is 9.97. The van der Waals surface area contributed by atoms with E-state index in [2.05, 4.69) is 45.2 Å². The van der Waals surface area contributed by atoms with Gasteiger partial charge in [-0.05, 0) is 17.7 Å². The van der Waals surface area contributed by atoms with Crippen LogP contribution in [0.4, 0.5) is 5.13 Å². The predicted molar refractivity (Wildman–Crippen MR) is 62.2 cm³/mol. The molecule has 2 rings (SSSR count). The van der Waals surface area contributed by atoms with Crippen LogP contribution in [0.5, 0.6) is 0 Å². The Hall–Kier alpha value is -0.870. The predicted octanol–water partition coefficient (Wildman–Crippen LogP) is 2.50. The third-order valence-electron chi connectivity index (χ3n) is 1.91. The largest absolute Gasteiger partial charge is 0.329 e. The minimum atomic E-state index is 0.761. The van der Waals surface area contributed by atoms with Crippen molar-refractivity contribution in [1.29, 1.82) is 0 Å².